The Hall–Kier alpha value is -2.68. The van der Waals surface area contributed by atoms with E-state index in [0.717, 1.165) is 28.2 Å². The third kappa shape index (κ3) is 3.98. The molecule has 0 spiro atoms. The van der Waals surface area contributed by atoms with Gasteiger partial charge in [0.25, 0.3) is 0 Å². The van der Waals surface area contributed by atoms with E-state index in [1.165, 1.54) is 0 Å². The highest BCUT2D eigenvalue weighted by Gasteiger charge is 2.24. The fourth-order valence-electron chi connectivity index (χ4n) is 3.94. The molecule has 1 aromatic carbocycles. The number of hydrogen-bond donors (Lipinski definition) is 3. The molecule has 30 heavy (non-hydrogen) atoms. The van der Waals surface area contributed by atoms with Gasteiger partial charge >= 0.3 is 0 Å². The van der Waals surface area contributed by atoms with Crippen LogP contribution in [-0.4, -0.2) is 45.4 Å². The van der Waals surface area contributed by atoms with E-state index in [1.807, 2.05) is 18.3 Å². The van der Waals surface area contributed by atoms with E-state index in [2.05, 4.69) is 34.1 Å². The molecule has 0 amide bonds. The molecule has 158 valence electrons. The fraction of sp³-hybridized carbons (Fsp3) is 0.409. The highest BCUT2D eigenvalue weighted by Crippen LogP contribution is 2.32. The van der Waals surface area contributed by atoms with Crippen molar-refractivity contribution in [2.24, 2.45) is 5.73 Å². The van der Waals surface area contributed by atoms with Crippen molar-refractivity contribution in [3.05, 3.63) is 47.5 Å². The topological polar surface area (TPSA) is 106 Å². The lowest BCUT2D eigenvalue weighted by atomic mass is 9.93. The molecule has 2 atom stereocenters. The Morgan fingerprint density at radius 3 is 2.87 bits per heavy atom. The molecular formula is C22H26FN5O2. The predicted molar refractivity (Wildman–Crippen MR) is 114 cm³/mol. The van der Waals surface area contributed by atoms with Crippen LogP contribution in [0.25, 0.3) is 22.2 Å². The molecule has 2 aromatic heterocycles. The maximum Gasteiger partial charge on any atom is 0.223 e. The van der Waals surface area contributed by atoms with E-state index in [0.29, 0.717) is 25.1 Å². The van der Waals surface area contributed by atoms with Gasteiger partial charge in [0.05, 0.1) is 30.5 Å². The van der Waals surface area contributed by atoms with Crippen molar-refractivity contribution in [2.75, 3.05) is 18.5 Å². The number of halogens is 1. The van der Waals surface area contributed by atoms with Gasteiger partial charge in [-0.15, -0.1) is 0 Å². The van der Waals surface area contributed by atoms with Gasteiger partial charge in [-0.05, 0) is 35.6 Å². The molecular weight excluding hydrogens is 385 g/mol. The Kier molecular flexibility index (Phi) is 5.90. The van der Waals surface area contributed by atoms with Crippen molar-refractivity contribution in [1.29, 1.82) is 0 Å². The van der Waals surface area contributed by atoms with Crippen molar-refractivity contribution < 1.29 is 14.2 Å². The minimum atomic E-state index is -0.661. The summed E-state index contributed by atoms with van der Waals surface area (Å²) < 4.78 is 19.9. The van der Waals surface area contributed by atoms with E-state index in [4.69, 9.17) is 10.5 Å². The van der Waals surface area contributed by atoms with Crippen LogP contribution in [0.1, 0.15) is 37.3 Å². The number of rotatable bonds is 5. The summed E-state index contributed by atoms with van der Waals surface area (Å²) in [6.45, 7) is 5.40. The van der Waals surface area contributed by atoms with Gasteiger partial charge in [0.15, 0.2) is 5.82 Å². The lowest BCUT2D eigenvalue weighted by Gasteiger charge is -2.28. The molecule has 0 aliphatic carbocycles. The second-order valence-electron chi connectivity index (χ2n) is 7.86. The number of anilines is 1. The minimum Gasteiger partial charge on any atom is -0.389 e. The smallest absolute Gasteiger partial charge is 0.223 e. The predicted octanol–water partition coefficient (Wildman–Crippen LogP) is 2.97. The molecule has 3 aromatic rings. The lowest BCUT2D eigenvalue weighted by Crippen LogP contribution is -2.42. The molecule has 0 unspecified atom stereocenters. The molecule has 1 aliphatic rings. The van der Waals surface area contributed by atoms with Crippen molar-refractivity contribution in [2.45, 2.75) is 44.9 Å². The van der Waals surface area contributed by atoms with E-state index in [9.17, 15) is 9.50 Å². The number of aliphatic hydroxyl groups is 1. The molecule has 0 radical (unpaired) electrons. The summed E-state index contributed by atoms with van der Waals surface area (Å²) in [6, 6.07) is 5.35. The summed E-state index contributed by atoms with van der Waals surface area (Å²) in [5, 5.41) is 14.1. The first-order valence-corrected chi connectivity index (χ1v) is 10.1. The van der Waals surface area contributed by atoms with Gasteiger partial charge in [-0.25, -0.2) is 14.4 Å². The maximum absolute atomic E-state index is 14.7. The number of aromatic nitrogens is 3. The van der Waals surface area contributed by atoms with Gasteiger partial charge in [0.1, 0.15) is 5.69 Å². The largest absolute Gasteiger partial charge is 0.389 e. The number of aliphatic hydroxyl groups excluding tert-OH is 1. The number of fused-ring (bicyclic) bond motifs is 1. The Morgan fingerprint density at radius 1 is 1.30 bits per heavy atom. The van der Waals surface area contributed by atoms with Crippen LogP contribution in [0.2, 0.25) is 0 Å². The minimum absolute atomic E-state index is 0.198. The molecule has 3 heterocycles. The second-order valence-corrected chi connectivity index (χ2v) is 7.86. The van der Waals surface area contributed by atoms with Crippen LogP contribution in [0, 0.1) is 5.82 Å². The number of benzene rings is 1. The molecule has 7 nitrogen and oxygen atoms in total. The van der Waals surface area contributed by atoms with Crippen molar-refractivity contribution in [3.8, 4) is 11.3 Å². The zero-order valence-corrected chi connectivity index (χ0v) is 17.1. The zero-order valence-electron chi connectivity index (χ0n) is 17.1. The fourth-order valence-corrected chi connectivity index (χ4v) is 3.94. The number of ether oxygens (including phenoxy) is 1. The van der Waals surface area contributed by atoms with E-state index in [-0.39, 0.29) is 30.2 Å². The van der Waals surface area contributed by atoms with Crippen molar-refractivity contribution in [1.82, 2.24) is 15.0 Å². The van der Waals surface area contributed by atoms with Crippen molar-refractivity contribution in [3.63, 3.8) is 0 Å². The summed E-state index contributed by atoms with van der Waals surface area (Å²) in [6.07, 6.45) is 2.92. The highest BCUT2D eigenvalue weighted by molar-refractivity contribution is 5.88. The first-order chi connectivity index (χ1) is 14.5. The Balaban J connectivity index is 1.75. The number of nitrogens with one attached hydrogen (secondary N) is 1. The zero-order chi connectivity index (χ0) is 21.3. The molecule has 0 saturated carbocycles. The van der Waals surface area contributed by atoms with Crippen molar-refractivity contribution >= 4 is 16.9 Å². The SMILES string of the molecule is CC(C)c1c(CN)cnc2ccc(-c3nc(N[C@@H]4CCOC[C@H]4O)ncc3F)cc12. The molecule has 8 heteroatoms. The van der Waals surface area contributed by atoms with Gasteiger partial charge in [0.2, 0.25) is 5.95 Å². The number of nitrogens with two attached hydrogens (primary N) is 1. The maximum atomic E-state index is 14.7. The second kappa shape index (κ2) is 8.59. The summed E-state index contributed by atoms with van der Waals surface area (Å²) >= 11 is 0. The van der Waals surface area contributed by atoms with Crippen LogP contribution in [0.3, 0.4) is 0 Å². The van der Waals surface area contributed by atoms with Gasteiger partial charge in [-0.1, -0.05) is 19.9 Å². The van der Waals surface area contributed by atoms with Crippen LogP contribution in [0.4, 0.5) is 10.3 Å². The molecule has 1 aliphatic heterocycles. The Labute approximate surface area is 174 Å². The van der Waals surface area contributed by atoms with E-state index < -0.39 is 11.9 Å². The van der Waals surface area contributed by atoms with Gasteiger partial charge in [-0.3, -0.25) is 4.98 Å². The monoisotopic (exact) mass is 411 g/mol. The molecule has 1 saturated heterocycles. The molecule has 1 fully saturated rings. The van der Waals surface area contributed by atoms with Crippen LogP contribution < -0.4 is 11.1 Å². The normalized spacial score (nSPS) is 19.4. The summed E-state index contributed by atoms with van der Waals surface area (Å²) in [5.74, 6) is 0.00334. The third-order valence-electron chi connectivity index (χ3n) is 5.45. The van der Waals surface area contributed by atoms with Crippen LogP contribution in [0.15, 0.2) is 30.6 Å². The summed E-state index contributed by atoms with van der Waals surface area (Å²) in [7, 11) is 0. The summed E-state index contributed by atoms with van der Waals surface area (Å²) in [5.41, 5.74) is 9.67. The first-order valence-electron chi connectivity index (χ1n) is 10.1. The molecule has 4 rings (SSSR count). The standard InChI is InChI=1S/C22H26FN5O2/c1-12(2)20-14(8-24)9-25-17-4-3-13(7-15(17)20)21-16(23)10-26-22(28-21)27-18-5-6-30-11-19(18)29/h3-4,7,9-10,12,18-19,29H,5-6,8,11,24H2,1-2H3,(H,26,27,28)/t18-,19-/m1/s1. The average Bonchev–Trinajstić information content (AvgIpc) is 2.75. The van der Waals surface area contributed by atoms with Gasteiger partial charge < -0.3 is 20.9 Å². The van der Waals surface area contributed by atoms with E-state index >= 15 is 0 Å². The molecule has 0 bridgehead atoms. The van der Waals surface area contributed by atoms with E-state index in [1.54, 1.807) is 6.07 Å². The highest BCUT2D eigenvalue weighted by atomic mass is 19.1. The quantitative estimate of drug-likeness (QED) is 0.593. The first kappa shape index (κ1) is 20.6. The lowest BCUT2D eigenvalue weighted by molar-refractivity contribution is -0.0136. The summed E-state index contributed by atoms with van der Waals surface area (Å²) in [4.78, 5) is 12.9. The van der Waals surface area contributed by atoms with Crippen LogP contribution >= 0.6 is 0 Å². The average molecular weight is 411 g/mol. The van der Waals surface area contributed by atoms with Crippen LogP contribution in [0.5, 0.6) is 0 Å². The van der Waals surface area contributed by atoms with Gasteiger partial charge in [-0.2, -0.15) is 0 Å². The van der Waals surface area contributed by atoms with Gasteiger partial charge in [0, 0.05) is 30.3 Å². The number of hydrogen-bond acceptors (Lipinski definition) is 7. The number of nitrogens with zero attached hydrogens (tertiary/aromatic N) is 3. The Bertz CT molecular complexity index is 1060. The number of pyridine rings is 1. The molecule has 4 N–H and O–H groups in total. The Morgan fingerprint density at radius 2 is 2.13 bits per heavy atom. The third-order valence-corrected chi connectivity index (χ3v) is 5.45. The van der Waals surface area contributed by atoms with Crippen LogP contribution in [-0.2, 0) is 11.3 Å².